The quantitative estimate of drug-likeness (QED) is 0.310. The highest BCUT2D eigenvalue weighted by atomic mass is 79.9. The predicted molar refractivity (Wildman–Crippen MR) is 121 cm³/mol. The SMILES string of the molecule is CC1(C)C(c2cnc3c4ccc(Br)cc4nn3c2)=Nc2ccc3ccccc3c21. The van der Waals surface area contributed by atoms with Gasteiger partial charge in [-0.05, 0) is 40.6 Å². The molecule has 0 saturated carbocycles. The van der Waals surface area contributed by atoms with Gasteiger partial charge in [0.25, 0.3) is 0 Å². The van der Waals surface area contributed by atoms with Crippen LogP contribution in [0.3, 0.4) is 0 Å². The van der Waals surface area contributed by atoms with E-state index in [2.05, 4.69) is 66.2 Å². The first kappa shape index (κ1) is 16.9. The van der Waals surface area contributed by atoms with E-state index < -0.39 is 0 Å². The molecule has 0 aliphatic carbocycles. The fourth-order valence-electron chi connectivity index (χ4n) is 4.51. The van der Waals surface area contributed by atoms with E-state index in [0.29, 0.717) is 0 Å². The number of hydrogen-bond donors (Lipinski definition) is 0. The minimum Gasteiger partial charge on any atom is -0.251 e. The van der Waals surface area contributed by atoms with Gasteiger partial charge in [-0.3, -0.25) is 4.99 Å². The Kier molecular flexibility index (Phi) is 3.34. The van der Waals surface area contributed by atoms with Gasteiger partial charge in [0.2, 0.25) is 0 Å². The van der Waals surface area contributed by atoms with E-state index in [-0.39, 0.29) is 5.41 Å². The predicted octanol–water partition coefficient (Wildman–Crippen LogP) is 6.21. The van der Waals surface area contributed by atoms with Crippen LogP contribution in [-0.4, -0.2) is 20.3 Å². The van der Waals surface area contributed by atoms with Gasteiger partial charge in [0.05, 0.1) is 16.9 Å². The van der Waals surface area contributed by atoms with Gasteiger partial charge in [-0.1, -0.05) is 60.1 Å². The number of halogens is 1. The van der Waals surface area contributed by atoms with Gasteiger partial charge in [0.1, 0.15) is 0 Å². The molecule has 29 heavy (non-hydrogen) atoms. The summed E-state index contributed by atoms with van der Waals surface area (Å²) in [4.78, 5) is 9.77. The third kappa shape index (κ3) is 2.34. The van der Waals surface area contributed by atoms with Crippen molar-refractivity contribution in [3.8, 4) is 0 Å². The molecule has 2 aromatic heterocycles. The third-order valence-corrected chi connectivity index (χ3v) is 6.34. The summed E-state index contributed by atoms with van der Waals surface area (Å²) in [5, 5.41) is 8.27. The molecule has 0 atom stereocenters. The summed E-state index contributed by atoms with van der Waals surface area (Å²) in [5.74, 6) is 0. The maximum atomic E-state index is 5.03. The molecule has 6 rings (SSSR count). The summed E-state index contributed by atoms with van der Waals surface area (Å²) >= 11 is 3.52. The Labute approximate surface area is 176 Å². The second kappa shape index (κ2) is 5.74. The molecule has 0 bridgehead atoms. The van der Waals surface area contributed by atoms with Crippen LogP contribution in [0, 0.1) is 0 Å². The Hall–Kier alpha value is -3.05. The zero-order valence-electron chi connectivity index (χ0n) is 16.0. The van der Waals surface area contributed by atoms with Gasteiger partial charge in [-0.2, -0.15) is 5.10 Å². The molecule has 3 aromatic carbocycles. The zero-order chi connectivity index (χ0) is 19.8. The molecule has 140 valence electrons. The molecule has 5 heteroatoms. The van der Waals surface area contributed by atoms with Crippen LogP contribution < -0.4 is 0 Å². The van der Waals surface area contributed by atoms with E-state index in [4.69, 9.17) is 15.1 Å². The van der Waals surface area contributed by atoms with Crippen molar-refractivity contribution in [2.75, 3.05) is 0 Å². The summed E-state index contributed by atoms with van der Waals surface area (Å²) in [7, 11) is 0. The Morgan fingerprint density at radius 1 is 0.966 bits per heavy atom. The van der Waals surface area contributed by atoms with Gasteiger partial charge >= 0.3 is 0 Å². The van der Waals surface area contributed by atoms with Crippen molar-refractivity contribution in [1.82, 2.24) is 14.6 Å². The number of aromatic nitrogens is 3. The number of hydrogen-bond acceptors (Lipinski definition) is 3. The van der Waals surface area contributed by atoms with Crippen LogP contribution in [0.4, 0.5) is 5.69 Å². The maximum absolute atomic E-state index is 5.03. The van der Waals surface area contributed by atoms with Crippen molar-refractivity contribution in [3.63, 3.8) is 0 Å². The summed E-state index contributed by atoms with van der Waals surface area (Å²) in [6.07, 6.45) is 3.97. The highest BCUT2D eigenvalue weighted by Gasteiger charge is 2.37. The highest BCUT2D eigenvalue weighted by molar-refractivity contribution is 9.10. The summed E-state index contributed by atoms with van der Waals surface area (Å²) in [6, 6.07) is 18.9. The van der Waals surface area contributed by atoms with Crippen LogP contribution in [0.25, 0.3) is 27.3 Å². The normalized spacial score (nSPS) is 15.2. The second-order valence-electron chi connectivity index (χ2n) is 8.04. The van der Waals surface area contributed by atoms with Crippen LogP contribution in [0.2, 0.25) is 0 Å². The van der Waals surface area contributed by atoms with Crippen LogP contribution in [0.15, 0.2) is 76.5 Å². The van der Waals surface area contributed by atoms with E-state index in [1.807, 2.05) is 35.1 Å². The van der Waals surface area contributed by atoms with Crippen LogP contribution in [-0.2, 0) is 5.41 Å². The topological polar surface area (TPSA) is 42.5 Å². The smallest absolute Gasteiger partial charge is 0.162 e. The third-order valence-electron chi connectivity index (χ3n) is 5.85. The summed E-state index contributed by atoms with van der Waals surface area (Å²) in [5.41, 5.74) is 5.90. The highest BCUT2D eigenvalue weighted by Crippen LogP contribution is 2.45. The molecule has 3 heterocycles. The average molecular weight is 441 g/mol. The van der Waals surface area contributed by atoms with Crippen molar-refractivity contribution in [2.45, 2.75) is 19.3 Å². The first-order valence-corrected chi connectivity index (χ1v) is 10.4. The van der Waals surface area contributed by atoms with Crippen molar-refractivity contribution < 1.29 is 0 Å². The molecule has 5 aromatic rings. The maximum Gasteiger partial charge on any atom is 0.162 e. The molecule has 1 aliphatic heterocycles. The summed E-state index contributed by atoms with van der Waals surface area (Å²) < 4.78 is 2.88. The molecule has 0 unspecified atom stereocenters. The van der Waals surface area contributed by atoms with Gasteiger partial charge < -0.3 is 0 Å². The first-order valence-electron chi connectivity index (χ1n) is 9.58. The van der Waals surface area contributed by atoms with E-state index in [1.54, 1.807) is 0 Å². The number of nitrogens with zero attached hydrogens (tertiary/aromatic N) is 4. The van der Waals surface area contributed by atoms with Gasteiger partial charge in [-0.15, -0.1) is 0 Å². The van der Waals surface area contributed by atoms with Crippen molar-refractivity contribution in [1.29, 1.82) is 0 Å². The van der Waals surface area contributed by atoms with Crippen molar-refractivity contribution in [3.05, 3.63) is 82.6 Å². The van der Waals surface area contributed by atoms with Gasteiger partial charge in [-0.25, -0.2) is 9.50 Å². The molecule has 1 aliphatic rings. The average Bonchev–Trinajstić information content (AvgIpc) is 3.21. The molecule has 0 amide bonds. The Morgan fingerprint density at radius 2 is 1.83 bits per heavy atom. The molecular formula is C24H17BrN4. The number of aliphatic imine (C=N–C) groups is 1. The Morgan fingerprint density at radius 3 is 2.72 bits per heavy atom. The number of fused-ring (bicyclic) bond motifs is 6. The van der Waals surface area contributed by atoms with Gasteiger partial charge in [0, 0.05) is 33.2 Å². The molecular weight excluding hydrogens is 424 g/mol. The largest absolute Gasteiger partial charge is 0.251 e. The zero-order valence-corrected chi connectivity index (χ0v) is 17.6. The molecule has 0 saturated heterocycles. The van der Waals surface area contributed by atoms with E-state index in [9.17, 15) is 0 Å². The molecule has 4 nitrogen and oxygen atoms in total. The monoisotopic (exact) mass is 440 g/mol. The van der Waals surface area contributed by atoms with E-state index in [0.717, 1.165) is 38.0 Å². The molecule has 0 fully saturated rings. The fraction of sp³-hybridized carbons (Fsp3) is 0.125. The van der Waals surface area contributed by atoms with E-state index in [1.165, 1.54) is 16.3 Å². The molecule has 0 N–H and O–H groups in total. The van der Waals surface area contributed by atoms with Crippen LogP contribution in [0.5, 0.6) is 0 Å². The molecule has 0 spiro atoms. The second-order valence-corrected chi connectivity index (χ2v) is 8.95. The lowest BCUT2D eigenvalue weighted by Gasteiger charge is -2.23. The lowest BCUT2D eigenvalue weighted by molar-refractivity contribution is 0.743. The lowest BCUT2D eigenvalue weighted by Crippen LogP contribution is -2.27. The van der Waals surface area contributed by atoms with Gasteiger partial charge in [0.15, 0.2) is 5.65 Å². The Bertz CT molecular complexity index is 1490. The van der Waals surface area contributed by atoms with Crippen LogP contribution >= 0.6 is 15.9 Å². The standard InChI is InChI=1S/C24H17BrN4/c1-24(2)21-17-6-4-3-5-14(17)7-10-19(21)27-22(24)15-12-26-23-18-9-8-16(25)11-20(18)28-29(23)13-15/h3-13H,1-2H3. The molecule has 0 radical (unpaired) electrons. The summed E-state index contributed by atoms with van der Waals surface area (Å²) in [6.45, 7) is 4.48. The Balaban J connectivity index is 1.55. The number of rotatable bonds is 1. The van der Waals surface area contributed by atoms with Crippen molar-refractivity contribution in [2.24, 2.45) is 4.99 Å². The first-order chi connectivity index (χ1) is 14.0. The lowest BCUT2D eigenvalue weighted by atomic mass is 9.77. The fourth-order valence-corrected chi connectivity index (χ4v) is 4.86. The van der Waals surface area contributed by atoms with Crippen molar-refractivity contribution >= 4 is 54.7 Å². The van der Waals surface area contributed by atoms with Crippen LogP contribution in [0.1, 0.15) is 25.0 Å². The number of benzene rings is 3. The van der Waals surface area contributed by atoms with E-state index >= 15 is 0 Å². The minimum absolute atomic E-state index is 0.221. The minimum atomic E-state index is -0.221.